The van der Waals surface area contributed by atoms with Crippen molar-refractivity contribution in [2.75, 3.05) is 10.6 Å². The molecule has 0 aliphatic carbocycles. The number of hydrogen-bond donors (Lipinski definition) is 2. The monoisotopic (exact) mass is 381 g/mol. The Hall–Kier alpha value is -2.66. The van der Waals surface area contributed by atoms with Crippen molar-refractivity contribution in [2.24, 2.45) is 0 Å². The highest BCUT2D eigenvalue weighted by atomic mass is 79.9. The lowest BCUT2D eigenvalue weighted by atomic mass is 10.2. The minimum absolute atomic E-state index is 0.253. The van der Waals surface area contributed by atoms with Gasteiger partial charge in [0.2, 0.25) is 0 Å². The number of carbonyl (C=O) groups is 1. The fourth-order valence-corrected chi connectivity index (χ4v) is 2.82. The molecule has 120 valence electrons. The zero-order chi connectivity index (χ0) is 16.9. The van der Waals surface area contributed by atoms with Crippen molar-refractivity contribution in [3.63, 3.8) is 0 Å². The molecule has 0 spiro atoms. The minimum atomic E-state index is -0.253. The van der Waals surface area contributed by atoms with Crippen LogP contribution < -0.4 is 10.6 Å². The number of anilines is 3. The van der Waals surface area contributed by atoms with Crippen molar-refractivity contribution < 1.29 is 4.79 Å². The van der Waals surface area contributed by atoms with Gasteiger partial charge in [-0.3, -0.25) is 9.78 Å². The molecule has 3 aromatic rings. The number of nitrogens with zero attached hydrogens (tertiary/aromatic N) is 1. The Morgan fingerprint density at radius 1 is 1.00 bits per heavy atom. The Morgan fingerprint density at radius 2 is 1.79 bits per heavy atom. The Morgan fingerprint density at radius 3 is 2.54 bits per heavy atom. The second-order valence-corrected chi connectivity index (χ2v) is 6.21. The number of pyridine rings is 1. The summed E-state index contributed by atoms with van der Waals surface area (Å²) in [5.74, 6) is -0.253. The van der Waals surface area contributed by atoms with Crippen LogP contribution in [0.15, 0.2) is 71.3 Å². The van der Waals surface area contributed by atoms with E-state index in [1.165, 1.54) is 0 Å². The number of hydrogen-bond acceptors (Lipinski definition) is 3. The highest BCUT2D eigenvalue weighted by molar-refractivity contribution is 9.10. The van der Waals surface area contributed by atoms with Crippen molar-refractivity contribution in [2.45, 2.75) is 6.92 Å². The summed E-state index contributed by atoms with van der Waals surface area (Å²) in [7, 11) is 0. The maximum Gasteiger partial charge on any atom is 0.274 e. The first-order valence-electron chi connectivity index (χ1n) is 7.47. The largest absolute Gasteiger partial charge is 0.355 e. The maximum atomic E-state index is 12.4. The van der Waals surface area contributed by atoms with E-state index >= 15 is 0 Å². The van der Waals surface area contributed by atoms with Crippen LogP contribution in [0.3, 0.4) is 0 Å². The van der Waals surface area contributed by atoms with Crippen molar-refractivity contribution in [1.82, 2.24) is 4.98 Å². The zero-order valence-electron chi connectivity index (χ0n) is 13.1. The summed E-state index contributed by atoms with van der Waals surface area (Å²) in [6.45, 7) is 2.00. The number of nitrogens with one attached hydrogen (secondary N) is 2. The first kappa shape index (κ1) is 16.2. The van der Waals surface area contributed by atoms with E-state index in [2.05, 4.69) is 31.5 Å². The van der Waals surface area contributed by atoms with Crippen molar-refractivity contribution in [3.8, 4) is 0 Å². The number of halogens is 1. The molecule has 0 radical (unpaired) electrons. The van der Waals surface area contributed by atoms with E-state index in [1.807, 2.05) is 61.5 Å². The number of amides is 1. The number of rotatable bonds is 4. The van der Waals surface area contributed by atoms with E-state index in [1.54, 1.807) is 12.3 Å². The number of aromatic nitrogens is 1. The summed E-state index contributed by atoms with van der Waals surface area (Å²) in [5, 5.41) is 6.12. The number of benzene rings is 2. The smallest absolute Gasteiger partial charge is 0.274 e. The van der Waals surface area contributed by atoms with Gasteiger partial charge in [0, 0.05) is 22.0 Å². The molecule has 0 saturated heterocycles. The highest BCUT2D eigenvalue weighted by Gasteiger charge is 2.10. The molecule has 2 aromatic carbocycles. The first-order chi connectivity index (χ1) is 11.6. The molecule has 0 bridgehead atoms. The Labute approximate surface area is 149 Å². The Balaban J connectivity index is 1.77. The molecule has 0 aliphatic rings. The van der Waals surface area contributed by atoms with Gasteiger partial charge in [-0.2, -0.15) is 0 Å². The number of para-hydroxylation sites is 1. The topological polar surface area (TPSA) is 54.0 Å². The minimum Gasteiger partial charge on any atom is -0.355 e. The third kappa shape index (κ3) is 4.00. The molecule has 5 heteroatoms. The van der Waals surface area contributed by atoms with E-state index in [9.17, 15) is 4.79 Å². The molecule has 1 heterocycles. The molecule has 0 saturated carbocycles. The Bertz CT molecular complexity index is 865. The normalized spacial score (nSPS) is 10.2. The van der Waals surface area contributed by atoms with Gasteiger partial charge in [0.25, 0.3) is 5.91 Å². The highest BCUT2D eigenvalue weighted by Crippen LogP contribution is 2.24. The predicted molar refractivity (Wildman–Crippen MR) is 101 cm³/mol. The summed E-state index contributed by atoms with van der Waals surface area (Å²) < 4.78 is 0.842. The average molecular weight is 382 g/mol. The van der Waals surface area contributed by atoms with Crippen LogP contribution in [-0.4, -0.2) is 10.9 Å². The van der Waals surface area contributed by atoms with E-state index < -0.39 is 0 Å². The van der Waals surface area contributed by atoms with Gasteiger partial charge < -0.3 is 10.6 Å². The zero-order valence-corrected chi connectivity index (χ0v) is 14.7. The summed E-state index contributed by atoms with van der Waals surface area (Å²) >= 11 is 3.46. The second-order valence-electron chi connectivity index (χ2n) is 5.36. The van der Waals surface area contributed by atoms with E-state index in [-0.39, 0.29) is 5.91 Å². The van der Waals surface area contributed by atoms with Crippen LogP contribution in [0.25, 0.3) is 0 Å². The molecule has 24 heavy (non-hydrogen) atoms. The van der Waals surface area contributed by atoms with Gasteiger partial charge in [-0.05, 0) is 64.8 Å². The molecule has 0 atom stereocenters. The fourth-order valence-electron chi connectivity index (χ4n) is 2.23. The van der Waals surface area contributed by atoms with Crippen molar-refractivity contribution >= 4 is 38.9 Å². The summed E-state index contributed by atoms with van der Waals surface area (Å²) in [5.41, 5.74) is 3.95. The van der Waals surface area contributed by atoms with Crippen LogP contribution in [0.4, 0.5) is 17.1 Å². The SMILES string of the molecule is Cc1ccc(NC(=O)c2cc(Nc3ccccc3)ccn2)c(Br)c1. The quantitative estimate of drug-likeness (QED) is 0.656. The average Bonchev–Trinajstić information content (AvgIpc) is 2.58. The lowest BCUT2D eigenvalue weighted by Crippen LogP contribution is -2.14. The van der Waals surface area contributed by atoms with Crippen LogP contribution >= 0.6 is 15.9 Å². The lowest BCUT2D eigenvalue weighted by molar-refractivity contribution is 0.102. The van der Waals surface area contributed by atoms with Crippen LogP contribution in [0.2, 0.25) is 0 Å². The molecule has 1 aromatic heterocycles. The molecule has 0 aliphatic heterocycles. The molecule has 3 rings (SSSR count). The van der Waals surface area contributed by atoms with E-state index in [0.717, 1.165) is 21.4 Å². The lowest BCUT2D eigenvalue weighted by Gasteiger charge is -2.10. The number of aryl methyl sites for hydroxylation is 1. The summed E-state index contributed by atoms with van der Waals surface area (Å²) in [4.78, 5) is 16.6. The maximum absolute atomic E-state index is 12.4. The molecule has 0 unspecified atom stereocenters. The van der Waals surface area contributed by atoms with E-state index in [0.29, 0.717) is 11.4 Å². The number of carbonyl (C=O) groups excluding carboxylic acids is 1. The second kappa shape index (κ2) is 7.27. The molecule has 0 fully saturated rings. The van der Waals surface area contributed by atoms with Gasteiger partial charge in [-0.25, -0.2) is 0 Å². The van der Waals surface area contributed by atoms with Gasteiger partial charge in [0.1, 0.15) is 5.69 Å². The molecular formula is C19H16BrN3O. The summed E-state index contributed by atoms with van der Waals surface area (Å²) in [6, 6.07) is 19.1. The molecule has 4 nitrogen and oxygen atoms in total. The van der Waals surface area contributed by atoms with Gasteiger partial charge in [-0.15, -0.1) is 0 Å². The first-order valence-corrected chi connectivity index (χ1v) is 8.27. The van der Waals surface area contributed by atoms with Crippen molar-refractivity contribution in [3.05, 3.63) is 82.6 Å². The van der Waals surface area contributed by atoms with E-state index in [4.69, 9.17) is 0 Å². The molecule has 2 N–H and O–H groups in total. The third-order valence-corrected chi connectivity index (χ3v) is 4.08. The van der Waals surface area contributed by atoms with Crippen LogP contribution in [0.1, 0.15) is 16.1 Å². The molecular weight excluding hydrogens is 366 g/mol. The van der Waals surface area contributed by atoms with Gasteiger partial charge in [-0.1, -0.05) is 24.3 Å². The summed E-state index contributed by atoms with van der Waals surface area (Å²) in [6.07, 6.45) is 1.62. The van der Waals surface area contributed by atoms with Crippen LogP contribution in [0.5, 0.6) is 0 Å². The molecule has 1 amide bonds. The van der Waals surface area contributed by atoms with Gasteiger partial charge >= 0.3 is 0 Å². The van der Waals surface area contributed by atoms with Crippen molar-refractivity contribution in [1.29, 1.82) is 0 Å². The van der Waals surface area contributed by atoms with Crippen LogP contribution in [0, 0.1) is 6.92 Å². The predicted octanol–water partition coefficient (Wildman–Crippen LogP) is 5.15. The van der Waals surface area contributed by atoms with Gasteiger partial charge in [0.05, 0.1) is 5.69 Å². The Kier molecular flexibility index (Phi) is 4.91. The van der Waals surface area contributed by atoms with Gasteiger partial charge in [0.15, 0.2) is 0 Å². The van der Waals surface area contributed by atoms with Crippen LogP contribution in [-0.2, 0) is 0 Å². The third-order valence-electron chi connectivity index (χ3n) is 3.43. The standard InChI is InChI=1S/C19H16BrN3O/c1-13-7-8-17(16(20)11-13)23-19(24)18-12-15(9-10-21-18)22-14-5-3-2-4-6-14/h2-12H,1H3,(H,21,22)(H,23,24). The fraction of sp³-hybridized carbons (Fsp3) is 0.0526.